The zero-order valence-corrected chi connectivity index (χ0v) is 19.2. The van der Waals surface area contributed by atoms with Gasteiger partial charge in [0.05, 0.1) is 0 Å². The lowest BCUT2D eigenvalue weighted by atomic mass is 10.1. The predicted molar refractivity (Wildman–Crippen MR) is 131 cm³/mol. The van der Waals surface area contributed by atoms with Gasteiger partial charge < -0.3 is 15.0 Å². The molecule has 0 bridgehead atoms. The zero-order valence-electron chi connectivity index (χ0n) is 19.2. The Bertz CT molecular complexity index is 1070. The molecule has 1 fully saturated rings. The molecule has 2 amide bonds. The van der Waals surface area contributed by atoms with Crippen LogP contribution in [0.1, 0.15) is 44.6 Å². The normalized spacial score (nSPS) is 14.7. The molecule has 33 heavy (non-hydrogen) atoms. The molecule has 1 saturated carbocycles. The van der Waals surface area contributed by atoms with Gasteiger partial charge in [-0.05, 0) is 36.3 Å². The fourth-order valence-electron chi connectivity index (χ4n) is 4.61. The highest BCUT2D eigenvalue weighted by Crippen LogP contribution is 2.25. The van der Waals surface area contributed by atoms with E-state index in [2.05, 4.69) is 5.32 Å². The molecule has 4 rings (SSSR count). The van der Waals surface area contributed by atoms with E-state index in [1.165, 1.54) is 0 Å². The number of amides is 2. The monoisotopic (exact) mass is 444 g/mol. The van der Waals surface area contributed by atoms with Crippen LogP contribution in [0.3, 0.4) is 0 Å². The highest BCUT2D eigenvalue weighted by atomic mass is 16.5. The Balaban J connectivity index is 1.52. The lowest BCUT2D eigenvalue weighted by Gasteiger charge is -2.31. The fourth-order valence-corrected chi connectivity index (χ4v) is 4.61. The molecule has 1 aliphatic carbocycles. The average Bonchev–Trinajstić information content (AvgIpc) is 3.36. The molecule has 0 saturated heterocycles. The van der Waals surface area contributed by atoms with E-state index in [1.807, 2.05) is 79.7 Å². The van der Waals surface area contributed by atoms with Crippen molar-refractivity contribution in [1.29, 1.82) is 0 Å². The van der Waals surface area contributed by atoms with Gasteiger partial charge in [-0.1, -0.05) is 86.5 Å². The summed E-state index contributed by atoms with van der Waals surface area (Å²) in [5.74, 6) is 0.406. The van der Waals surface area contributed by atoms with Crippen molar-refractivity contribution < 1.29 is 14.3 Å². The van der Waals surface area contributed by atoms with Crippen LogP contribution >= 0.6 is 0 Å². The van der Waals surface area contributed by atoms with Gasteiger partial charge >= 0.3 is 0 Å². The number of hydrogen-bond donors (Lipinski definition) is 1. The summed E-state index contributed by atoms with van der Waals surface area (Å²) in [5.41, 5.74) is 0.989. The summed E-state index contributed by atoms with van der Waals surface area (Å²) in [4.78, 5) is 28.3. The van der Waals surface area contributed by atoms with Gasteiger partial charge in [0.2, 0.25) is 5.91 Å². The van der Waals surface area contributed by atoms with Crippen molar-refractivity contribution in [3.63, 3.8) is 0 Å². The maximum Gasteiger partial charge on any atom is 0.261 e. The van der Waals surface area contributed by atoms with Crippen LogP contribution in [-0.2, 0) is 16.1 Å². The van der Waals surface area contributed by atoms with Crippen LogP contribution in [0.5, 0.6) is 5.75 Å². The predicted octanol–water partition coefficient (Wildman–Crippen LogP) is 5.08. The molecule has 0 unspecified atom stereocenters. The Kier molecular flexibility index (Phi) is 7.61. The van der Waals surface area contributed by atoms with Gasteiger partial charge in [-0.25, -0.2) is 0 Å². The molecule has 0 aliphatic heterocycles. The van der Waals surface area contributed by atoms with Crippen molar-refractivity contribution >= 4 is 22.6 Å². The second kappa shape index (κ2) is 11.0. The van der Waals surface area contributed by atoms with E-state index in [4.69, 9.17) is 4.74 Å². The number of nitrogens with one attached hydrogen (secondary N) is 1. The van der Waals surface area contributed by atoms with Crippen molar-refractivity contribution in [2.45, 2.75) is 57.7 Å². The molecule has 5 nitrogen and oxygen atoms in total. The third-order valence-electron chi connectivity index (χ3n) is 6.38. The molecule has 0 spiro atoms. The molecule has 5 heteroatoms. The van der Waals surface area contributed by atoms with Crippen LogP contribution < -0.4 is 10.1 Å². The first-order valence-electron chi connectivity index (χ1n) is 11.9. The fraction of sp³-hybridized carbons (Fsp3) is 0.357. The Hall–Kier alpha value is -3.34. The second-order valence-electron chi connectivity index (χ2n) is 8.69. The first-order chi connectivity index (χ1) is 16.2. The minimum absolute atomic E-state index is 0.0705. The molecule has 3 aromatic carbocycles. The van der Waals surface area contributed by atoms with E-state index < -0.39 is 6.04 Å². The number of fused-ring (bicyclic) bond motifs is 1. The summed E-state index contributed by atoms with van der Waals surface area (Å²) < 4.78 is 5.98. The van der Waals surface area contributed by atoms with Crippen LogP contribution in [0.2, 0.25) is 0 Å². The SMILES string of the molecule is CC[C@@H](C(=O)NC1CCCC1)N(Cc1ccccc1)C(=O)COc1cccc2ccccc12. The molecule has 1 atom stereocenters. The molecular formula is C28H32N2O3. The van der Waals surface area contributed by atoms with Gasteiger partial charge in [-0.2, -0.15) is 0 Å². The molecule has 0 radical (unpaired) electrons. The smallest absolute Gasteiger partial charge is 0.261 e. The standard InChI is InChI=1S/C28H32N2O3/c1-2-25(28(32)29-23-15-7-8-16-23)30(19-21-11-4-3-5-12-21)27(31)20-33-26-18-10-14-22-13-6-9-17-24(22)26/h3-6,9-14,17-18,23,25H,2,7-8,15-16,19-20H2,1H3,(H,29,32)/t25-/m0/s1. The summed E-state index contributed by atoms with van der Waals surface area (Å²) in [6, 6.07) is 23.3. The van der Waals surface area contributed by atoms with E-state index in [0.717, 1.165) is 42.0 Å². The molecule has 0 heterocycles. The van der Waals surface area contributed by atoms with Crippen LogP contribution in [-0.4, -0.2) is 35.4 Å². The van der Waals surface area contributed by atoms with Gasteiger partial charge in [-0.15, -0.1) is 0 Å². The van der Waals surface area contributed by atoms with Crippen LogP contribution in [0, 0.1) is 0 Å². The first-order valence-corrected chi connectivity index (χ1v) is 11.9. The van der Waals surface area contributed by atoms with Crippen LogP contribution in [0.25, 0.3) is 10.8 Å². The molecule has 0 aromatic heterocycles. The highest BCUT2D eigenvalue weighted by molar-refractivity contribution is 5.90. The number of hydrogen-bond acceptors (Lipinski definition) is 3. The van der Waals surface area contributed by atoms with E-state index in [-0.39, 0.29) is 24.5 Å². The zero-order chi connectivity index (χ0) is 23.0. The van der Waals surface area contributed by atoms with Crippen molar-refractivity contribution in [3.05, 3.63) is 78.4 Å². The molecule has 3 aromatic rings. The van der Waals surface area contributed by atoms with Crippen molar-refractivity contribution in [2.75, 3.05) is 6.61 Å². The third kappa shape index (κ3) is 5.72. The third-order valence-corrected chi connectivity index (χ3v) is 6.38. The summed E-state index contributed by atoms with van der Waals surface area (Å²) >= 11 is 0. The lowest BCUT2D eigenvalue weighted by Crippen LogP contribution is -2.52. The van der Waals surface area contributed by atoms with E-state index in [9.17, 15) is 9.59 Å². The second-order valence-corrected chi connectivity index (χ2v) is 8.69. The van der Waals surface area contributed by atoms with Gasteiger partial charge in [-0.3, -0.25) is 9.59 Å². The summed E-state index contributed by atoms with van der Waals surface area (Å²) in [7, 11) is 0. The Morgan fingerprint density at radius 1 is 0.970 bits per heavy atom. The van der Waals surface area contributed by atoms with Crippen LogP contribution in [0.15, 0.2) is 72.8 Å². The summed E-state index contributed by atoms with van der Waals surface area (Å²) in [6.45, 7) is 2.21. The molecule has 1 N–H and O–H groups in total. The first kappa shape index (κ1) is 22.8. The number of rotatable bonds is 9. The minimum atomic E-state index is -0.533. The van der Waals surface area contributed by atoms with Gasteiger partial charge in [0.25, 0.3) is 5.91 Å². The largest absolute Gasteiger partial charge is 0.483 e. The van der Waals surface area contributed by atoms with E-state index in [1.54, 1.807) is 4.90 Å². The Labute approximate surface area is 195 Å². The van der Waals surface area contributed by atoms with Crippen molar-refractivity contribution in [3.8, 4) is 5.75 Å². The van der Waals surface area contributed by atoms with E-state index in [0.29, 0.717) is 18.7 Å². The minimum Gasteiger partial charge on any atom is -0.483 e. The van der Waals surface area contributed by atoms with Gasteiger partial charge in [0.1, 0.15) is 11.8 Å². The average molecular weight is 445 g/mol. The quantitative estimate of drug-likeness (QED) is 0.500. The maximum absolute atomic E-state index is 13.4. The van der Waals surface area contributed by atoms with Crippen molar-refractivity contribution in [2.24, 2.45) is 0 Å². The maximum atomic E-state index is 13.4. The highest BCUT2D eigenvalue weighted by Gasteiger charge is 2.30. The summed E-state index contributed by atoms with van der Waals surface area (Å²) in [5, 5.41) is 5.20. The molecule has 172 valence electrons. The number of ether oxygens (including phenoxy) is 1. The topological polar surface area (TPSA) is 58.6 Å². The van der Waals surface area contributed by atoms with Crippen LogP contribution in [0.4, 0.5) is 0 Å². The van der Waals surface area contributed by atoms with Gasteiger partial charge in [0.15, 0.2) is 6.61 Å². The lowest BCUT2D eigenvalue weighted by molar-refractivity contribution is -0.143. The van der Waals surface area contributed by atoms with E-state index >= 15 is 0 Å². The molecule has 1 aliphatic rings. The Morgan fingerprint density at radius 2 is 1.67 bits per heavy atom. The van der Waals surface area contributed by atoms with Crippen molar-refractivity contribution in [1.82, 2.24) is 10.2 Å². The van der Waals surface area contributed by atoms with Gasteiger partial charge in [0, 0.05) is 18.0 Å². The summed E-state index contributed by atoms with van der Waals surface area (Å²) in [6.07, 6.45) is 4.87. The number of carbonyl (C=O) groups excluding carboxylic acids is 2. The Morgan fingerprint density at radius 3 is 2.42 bits per heavy atom. The number of nitrogens with zero attached hydrogens (tertiary/aromatic N) is 1. The molecular weight excluding hydrogens is 412 g/mol. The number of benzene rings is 3. The number of carbonyl (C=O) groups is 2.